The summed E-state index contributed by atoms with van der Waals surface area (Å²) in [5.41, 5.74) is -0.908. The molecule has 0 saturated carbocycles. The maximum atomic E-state index is 11.7. The average molecular weight is 326 g/mol. The molecule has 130 valence electrons. The van der Waals surface area contributed by atoms with Crippen molar-refractivity contribution in [2.24, 2.45) is 0 Å². The lowest BCUT2D eigenvalue weighted by atomic mass is 10.1. The maximum Gasteiger partial charge on any atom is 0.407 e. The lowest BCUT2D eigenvalue weighted by Crippen LogP contribution is -2.49. The van der Waals surface area contributed by atoms with Gasteiger partial charge in [0.05, 0.1) is 13.7 Å². The van der Waals surface area contributed by atoms with Gasteiger partial charge in [0.25, 0.3) is 0 Å². The third-order valence-electron chi connectivity index (χ3n) is 2.86. The predicted molar refractivity (Wildman–Crippen MR) is 85.2 cm³/mol. The molecule has 0 fully saturated rings. The molecule has 0 bridgehead atoms. The molecule has 0 atom stereocenters. The van der Waals surface area contributed by atoms with Crippen LogP contribution in [0.3, 0.4) is 0 Å². The summed E-state index contributed by atoms with van der Waals surface area (Å²) in [5, 5.41) is 5.97. The predicted octanol–water partition coefficient (Wildman–Crippen LogP) is 2.46. The Hall–Kier alpha value is -2.02. The molecule has 1 amide bonds. The Labute approximate surface area is 136 Å². The van der Waals surface area contributed by atoms with Crippen LogP contribution in [0.1, 0.15) is 50.9 Å². The summed E-state index contributed by atoms with van der Waals surface area (Å²) in [7, 11) is 1.30. The largest absolute Gasteiger partial charge is 0.463 e. The van der Waals surface area contributed by atoms with Crippen LogP contribution in [0.15, 0.2) is 16.5 Å². The highest BCUT2D eigenvalue weighted by molar-refractivity contribution is 5.86. The van der Waals surface area contributed by atoms with E-state index in [-0.39, 0.29) is 11.3 Å². The van der Waals surface area contributed by atoms with E-state index in [0.717, 1.165) is 0 Å². The van der Waals surface area contributed by atoms with Gasteiger partial charge in [-0.3, -0.25) is 0 Å². The fraction of sp³-hybridized carbons (Fsp3) is 0.625. The lowest BCUT2D eigenvalue weighted by Gasteiger charge is -2.27. The molecule has 0 unspecified atom stereocenters. The van der Waals surface area contributed by atoms with Crippen LogP contribution in [0.4, 0.5) is 4.79 Å². The van der Waals surface area contributed by atoms with E-state index in [2.05, 4.69) is 15.4 Å². The molecule has 0 aliphatic rings. The van der Waals surface area contributed by atoms with E-state index in [0.29, 0.717) is 18.8 Å². The molecule has 7 heteroatoms. The molecule has 1 rings (SSSR count). The van der Waals surface area contributed by atoms with Gasteiger partial charge in [0.15, 0.2) is 0 Å². The van der Waals surface area contributed by atoms with Crippen molar-refractivity contribution < 1.29 is 23.5 Å². The van der Waals surface area contributed by atoms with Gasteiger partial charge in [-0.05, 0) is 46.8 Å². The summed E-state index contributed by atoms with van der Waals surface area (Å²) >= 11 is 0. The van der Waals surface area contributed by atoms with Gasteiger partial charge >= 0.3 is 12.1 Å². The molecule has 0 saturated heterocycles. The van der Waals surface area contributed by atoms with E-state index < -0.39 is 17.7 Å². The number of methoxy groups -OCH3 is 1. The molecule has 1 aromatic rings. The van der Waals surface area contributed by atoms with Gasteiger partial charge in [0.2, 0.25) is 5.76 Å². The van der Waals surface area contributed by atoms with Crippen LogP contribution >= 0.6 is 0 Å². The van der Waals surface area contributed by atoms with E-state index in [1.807, 2.05) is 34.6 Å². The summed E-state index contributed by atoms with van der Waals surface area (Å²) in [6.45, 7) is 10.1. The van der Waals surface area contributed by atoms with E-state index in [1.54, 1.807) is 12.1 Å². The third-order valence-corrected chi connectivity index (χ3v) is 2.86. The van der Waals surface area contributed by atoms with E-state index in [9.17, 15) is 9.59 Å². The first-order valence-electron chi connectivity index (χ1n) is 7.41. The van der Waals surface area contributed by atoms with Gasteiger partial charge < -0.3 is 24.5 Å². The summed E-state index contributed by atoms with van der Waals surface area (Å²) < 4.78 is 15.1. The molecule has 0 spiro atoms. The van der Waals surface area contributed by atoms with Crippen molar-refractivity contribution >= 4 is 12.1 Å². The highest BCUT2D eigenvalue weighted by Crippen LogP contribution is 2.11. The van der Waals surface area contributed by atoms with Crippen LogP contribution in [-0.2, 0) is 16.0 Å². The molecule has 23 heavy (non-hydrogen) atoms. The molecular weight excluding hydrogens is 300 g/mol. The first kappa shape index (κ1) is 19.0. The van der Waals surface area contributed by atoms with Gasteiger partial charge in [0, 0.05) is 12.1 Å². The first-order chi connectivity index (χ1) is 10.5. The average Bonchev–Trinajstić information content (AvgIpc) is 2.89. The van der Waals surface area contributed by atoms with Crippen molar-refractivity contribution in [3.05, 3.63) is 23.7 Å². The van der Waals surface area contributed by atoms with Crippen LogP contribution in [0.2, 0.25) is 0 Å². The zero-order valence-corrected chi connectivity index (χ0v) is 14.6. The number of ether oxygens (including phenoxy) is 2. The molecular formula is C16H26N2O5. The number of carbonyl (C=O) groups excluding carboxylic acids is 2. The maximum absolute atomic E-state index is 11.7. The van der Waals surface area contributed by atoms with Crippen LogP contribution in [0, 0.1) is 0 Å². The molecule has 2 N–H and O–H groups in total. The number of carbonyl (C=O) groups is 2. The molecule has 7 nitrogen and oxygen atoms in total. The molecule has 1 aromatic heterocycles. The van der Waals surface area contributed by atoms with Gasteiger partial charge in [0.1, 0.15) is 11.4 Å². The Balaban J connectivity index is 2.44. The van der Waals surface area contributed by atoms with Crippen molar-refractivity contribution in [3.63, 3.8) is 0 Å². The number of hydrogen-bond acceptors (Lipinski definition) is 6. The van der Waals surface area contributed by atoms with E-state index in [1.165, 1.54) is 7.11 Å². The zero-order chi connectivity index (χ0) is 17.7. The number of furan rings is 1. The Morgan fingerprint density at radius 1 is 1.17 bits per heavy atom. The minimum atomic E-state index is -0.528. The van der Waals surface area contributed by atoms with Crippen molar-refractivity contribution in [1.82, 2.24) is 10.6 Å². The Morgan fingerprint density at radius 3 is 2.39 bits per heavy atom. The number of esters is 1. The lowest BCUT2D eigenvalue weighted by molar-refractivity contribution is 0.0510. The van der Waals surface area contributed by atoms with E-state index in [4.69, 9.17) is 9.15 Å². The number of rotatable bonds is 6. The van der Waals surface area contributed by atoms with Gasteiger partial charge in [-0.15, -0.1) is 0 Å². The minimum absolute atomic E-state index is 0.161. The quantitative estimate of drug-likeness (QED) is 0.781. The standard InChI is InChI=1S/C16H26N2O5/c1-15(2,3)23-14(20)17-10-16(4,5)18-9-11-7-8-12(22-11)13(19)21-6/h7-8,18H,9-10H2,1-6H3,(H,17,20). The fourth-order valence-corrected chi connectivity index (χ4v) is 1.68. The van der Waals surface area contributed by atoms with Gasteiger partial charge in [-0.25, -0.2) is 9.59 Å². The molecule has 1 heterocycles. The third kappa shape index (κ3) is 7.19. The Kier molecular flexibility index (Phi) is 6.20. The topological polar surface area (TPSA) is 89.8 Å². The monoisotopic (exact) mass is 326 g/mol. The van der Waals surface area contributed by atoms with Gasteiger partial charge in [-0.1, -0.05) is 0 Å². The normalized spacial score (nSPS) is 11.9. The van der Waals surface area contributed by atoms with Crippen LogP contribution < -0.4 is 10.6 Å². The minimum Gasteiger partial charge on any atom is -0.463 e. The molecule has 0 radical (unpaired) electrons. The molecule has 0 aromatic carbocycles. The van der Waals surface area contributed by atoms with Crippen molar-refractivity contribution in [2.45, 2.75) is 52.3 Å². The second kappa shape index (κ2) is 7.50. The van der Waals surface area contributed by atoms with Gasteiger partial charge in [-0.2, -0.15) is 0 Å². The number of hydrogen-bond donors (Lipinski definition) is 2. The zero-order valence-electron chi connectivity index (χ0n) is 14.6. The number of alkyl carbamates (subject to hydrolysis) is 1. The summed E-state index contributed by atoms with van der Waals surface area (Å²) in [6, 6.07) is 3.27. The molecule has 0 aliphatic carbocycles. The summed E-state index contributed by atoms with van der Waals surface area (Å²) in [5.74, 6) is 0.256. The smallest absolute Gasteiger partial charge is 0.407 e. The number of nitrogens with one attached hydrogen (secondary N) is 2. The second-order valence-electron chi connectivity index (χ2n) is 6.85. The SMILES string of the molecule is COC(=O)c1ccc(CNC(C)(C)CNC(=O)OC(C)(C)C)o1. The molecule has 0 aliphatic heterocycles. The Morgan fingerprint density at radius 2 is 1.83 bits per heavy atom. The van der Waals surface area contributed by atoms with Crippen molar-refractivity contribution in [2.75, 3.05) is 13.7 Å². The highest BCUT2D eigenvalue weighted by atomic mass is 16.6. The van der Waals surface area contributed by atoms with Crippen LogP contribution in [-0.4, -0.2) is 36.9 Å². The highest BCUT2D eigenvalue weighted by Gasteiger charge is 2.22. The first-order valence-corrected chi connectivity index (χ1v) is 7.41. The van der Waals surface area contributed by atoms with Crippen molar-refractivity contribution in [3.8, 4) is 0 Å². The van der Waals surface area contributed by atoms with Crippen molar-refractivity contribution in [1.29, 1.82) is 0 Å². The summed E-state index contributed by atoms with van der Waals surface area (Å²) in [6.07, 6.45) is -0.460. The second-order valence-corrected chi connectivity index (χ2v) is 6.85. The van der Waals surface area contributed by atoms with E-state index >= 15 is 0 Å². The number of amides is 1. The Bertz CT molecular complexity index is 543. The fourth-order valence-electron chi connectivity index (χ4n) is 1.68. The van der Waals surface area contributed by atoms with Crippen LogP contribution in [0.25, 0.3) is 0 Å². The van der Waals surface area contributed by atoms with Crippen LogP contribution in [0.5, 0.6) is 0 Å². The summed E-state index contributed by atoms with van der Waals surface area (Å²) in [4.78, 5) is 23.0.